The van der Waals surface area contributed by atoms with E-state index in [4.69, 9.17) is 9.47 Å². The van der Waals surface area contributed by atoms with Crippen LogP contribution in [0.4, 0.5) is 0 Å². The highest BCUT2D eigenvalue weighted by molar-refractivity contribution is 5.98. The molecule has 1 aliphatic rings. The minimum atomic E-state index is -0.969. The first kappa shape index (κ1) is 21.2. The molecule has 3 heterocycles. The van der Waals surface area contributed by atoms with Gasteiger partial charge in [-0.05, 0) is 13.3 Å². The van der Waals surface area contributed by atoms with Gasteiger partial charge in [0.25, 0.3) is 0 Å². The lowest BCUT2D eigenvalue weighted by Gasteiger charge is -2.18. The first-order chi connectivity index (χ1) is 15.0. The molecular formula is C22H24N4O5. The number of carbonyl (C=O) groups excluding carboxylic acids is 2. The van der Waals surface area contributed by atoms with Gasteiger partial charge in [-0.3, -0.25) is 9.36 Å². The summed E-state index contributed by atoms with van der Waals surface area (Å²) >= 11 is 0. The van der Waals surface area contributed by atoms with Crippen LogP contribution in [0.3, 0.4) is 0 Å². The van der Waals surface area contributed by atoms with Crippen molar-refractivity contribution in [2.24, 2.45) is 0 Å². The monoisotopic (exact) mass is 424 g/mol. The van der Waals surface area contributed by atoms with E-state index in [2.05, 4.69) is 15.0 Å². The zero-order chi connectivity index (χ0) is 22.0. The van der Waals surface area contributed by atoms with Crippen LogP contribution in [0.5, 0.6) is 0 Å². The lowest BCUT2D eigenvalue weighted by molar-refractivity contribution is -0.118. The van der Waals surface area contributed by atoms with Gasteiger partial charge in [0.1, 0.15) is 29.8 Å². The minimum Gasteiger partial charge on any atom is -0.386 e. The van der Waals surface area contributed by atoms with Gasteiger partial charge in [-0.25, -0.2) is 15.0 Å². The van der Waals surface area contributed by atoms with Gasteiger partial charge in [-0.15, -0.1) is 0 Å². The van der Waals surface area contributed by atoms with Crippen molar-refractivity contribution in [3.8, 4) is 0 Å². The lowest BCUT2D eigenvalue weighted by Crippen LogP contribution is -2.33. The van der Waals surface area contributed by atoms with Gasteiger partial charge in [-0.2, -0.15) is 0 Å². The topological polar surface area (TPSA) is 116 Å². The Morgan fingerprint density at radius 2 is 1.97 bits per heavy atom. The average Bonchev–Trinajstić information content (AvgIpc) is 3.33. The molecule has 0 amide bonds. The minimum absolute atomic E-state index is 0.0462. The normalized spacial score (nSPS) is 23.3. The molecule has 1 N–H and O–H groups in total. The summed E-state index contributed by atoms with van der Waals surface area (Å²) in [6.07, 6.45) is 0.983. The number of ether oxygens (including phenoxy) is 2. The van der Waals surface area contributed by atoms with E-state index in [9.17, 15) is 14.7 Å². The van der Waals surface area contributed by atoms with Crippen molar-refractivity contribution in [1.29, 1.82) is 0 Å². The molecule has 4 rings (SSSR count). The molecule has 1 saturated heterocycles. The fourth-order valence-electron chi connectivity index (χ4n) is 3.91. The summed E-state index contributed by atoms with van der Waals surface area (Å²) in [5.41, 5.74) is 2.03. The van der Waals surface area contributed by atoms with E-state index >= 15 is 0 Å². The molecule has 0 spiro atoms. The second-order valence-corrected chi connectivity index (χ2v) is 7.61. The highest BCUT2D eigenvalue weighted by Crippen LogP contribution is 2.35. The van der Waals surface area contributed by atoms with E-state index in [0.717, 1.165) is 0 Å². The van der Waals surface area contributed by atoms with E-state index < -0.39 is 24.5 Å². The molecule has 4 atom stereocenters. The third-order valence-corrected chi connectivity index (χ3v) is 5.49. The van der Waals surface area contributed by atoms with Gasteiger partial charge in [0.15, 0.2) is 17.7 Å². The van der Waals surface area contributed by atoms with Crippen molar-refractivity contribution >= 4 is 22.7 Å². The molecule has 0 bridgehead atoms. The predicted molar refractivity (Wildman–Crippen MR) is 110 cm³/mol. The molecule has 162 valence electrons. The Kier molecular flexibility index (Phi) is 6.17. The third-order valence-electron chi connectivity index (χ3n) is 5.49. The second kappa shape index (κ2) is 9.01. The number of aliphatic hydroxyl groups is 1. The smallest absolute Gasteiger partial charge is 0.168 e. The SMILES string of the molecule is CO[C@H]1[C@@H](O)[C@H](n2cnc3c(CC(=O)c4ccccc4)ncnc32)O[C@@H]1CCC(C)=O. The van der Waals surface area contributed by atoms with E-state index in [1.165, 1.54) is 26.7 Å². The Morgan fingerprint density at radius 3 is 2.68 bits per heavy atom. The zero-order valence-corrected chi connectivity index (χ0v) is 17.3. The number of rotatable bonds is 8. The number of nitrogens with zero attached hydrogens (tertiary/aromatic N) is 4. The van der Waals surface area contributed by atoms with E-state index in [0.29, 0.717) is 35.3 Å². The fraction of sp³-hybridized carbons (Fsp3) is 0.409. The van der Waals surface area contributed by atoms with Crippen LogP contribution in [0.1, 0.15) is 42.0 Å². The lowest BCUT2D eigenvalue weighted by atomic mass is 10.0. The highest BCUT2D eigenvalue weighted by Gasteiger charge is 2.45. The standard InChI is InChI=1S/C22H24N4O5/c1-13(27)8-9-17-20(30-2)19(29)22(31-17)26-12-25-18-15(23-11-24-21(18)26)10-16(28)14-6-4-3-5-7-14/h3-7,11-12,17,19-20,22,29H,8-10H2,1-2H3/t17-,19-,20-,22-/m1/s1. The molecule has 31 heavy (non-hydrogen) atoms. The van der Waals surface area contributed by atoms with Gasteiger partial charge in [0, 0.05) is 19.1 Å². The molecule has 1 fully saturated rings. The number of aromatic nitrogens is 4. The Bertz CT molecular complexity index is 1080. The zero-order valence-electron chi connectivity index (χ0n) is 17.3. The largest absolute Gasteiger partial charge is 0.386 e. The molecule has 0 unspecified atom stereocenters. The van der Waals surface area contributed by atoms with Crippen molar-refractivity contribution in [3.63, 3.8) is 0 Å². The number of imidazole rings is 1. The van der Waals surface area contributed by atoms with Crippen LogP contribution in [-0.2, 0) is 20.7 Å². The average molecular weight is 424 g/mol. The first-order valence-electron chi connectivity index (χ1n) is 10.1. The molecule has 0 aliphatic carbocycles. The molecule has 1 aliphatic heterocycles. The molecule has 0 saturated carbocycles. The van der Waals surface area contributed by atoms with Crippen molar-refractivity contribution in [1.82, 2.24) is 19.5 Å². The number of aliphatic hydroxyl groups excluding tert-OH is 1. The Hall–Kier alpha value is -3.01. The van der Waals surface area contributed by atoms with Crippen LogP contribution in [0, 0.1) is 0 Å². The molecule has 9 heteroatoms. The molecule has 9 nitrogen and oxygen atoms in total. The van der Waals surface area contributed by atoms with Gasteiger partial charge in [0.2, 0.25) is 0 Å². The summed E-state index contributed by atoms with van der Waals surface area (Å²) in [5.74, 6) is -0.0269. The number of hydrogen-bond acceptors (Lipinski definition) is 8. The molecule has 2 aromatic heterocycles. The number of Topliss-reactive ketones (excluding diaryl/α,β-unsaturated/α-hetero) is 2. The maximum Gasteiger partial charge on any atom is 0.168 e. The maximum atomic E-state index is 12.6. The van der Waals surface area contributed by atoms with Crippen molar-refractivity contribution in [2.75, 3.05) is 7.11 Å². The number of ketones is 2. The van der Waals surface area contributed by atoms with Gasteiger partial charge < -0.3 is 19.4 Å². The summed E-state index contributed by atoms with van der Waals surface area (Å²) in [6, 6.07) is 8.99. The summed E-state index contributed by atoms with van der Waals surface area (Å²) in [7, 11) is 1.50. The van der Waals surface area contributed by atoms with Crippen molar-refractivity contribution < 1.29 is 24.2 Å². The van der Waals surface area contributed by atoms with E-state index in [1.54, 1.807) is 16.7 Å². The summed E-state index contributed by atoms with van der Waals surface area (Å²) in [5, 5.41) is 10.8. The van der Waals surface area contributed by atoms with Gasteiger partial charge in [-0.1, -0.05) is 30.3 Å². The predicted octanol–water partition coefficient (Wildman–Crippen LogP) is 1.89. The van der Waals surface area contributed by atoms with Crippen LogP contribution in [0.15, 0.2) is 43.0 Å². The first-order valence-corrected chi connectivity index (χ1v) is 10.1. The number of carbonyl (C=O) groups is 2. The van der Waals surface area contributed by atoms with E-state index in [1.807, 2.05) is 18.2 Å². The number of fused-ring (bicyclic) bond motifs is 1. The van der Waals surface area contributed by atoms with Crippen LogP contribution < -0.4 is 0 Å². The molecule has 1 aromatic carbocycles. The summed E-state index contributed by atoms with van der Waals surface area (Å²) in [6.45, 7) is 1.52. The Balaban J connectivity index is 1.60. The maximum absolute atomic E-state index is 12.6. The van der Waals surface area contributed by atoms with Crippen LogP contribution in [-0.4, -0.2) is 61.6 Å². The van der Waals surface area contributed by atoms with Crippen LogP contribution in [0.25, 0.3) is 11.2 Å². The Morgan fingerprint density at radius 1 is 1.19 bits per heavy atom. The summed E-state index contributed by atoms with van der Waals surface area (Å²) in [4.78, 5) is 36.9. The summed E-state index contributed by atoms with van der Waals surface area (Å²) < 4.78 is 13.1. The molecule has 0 radical (unpaired) electrons. The number of methoxy groups -OCH3 is 1. The highest BCUT2D eigenvalue weighted by atomic mass is 16.6. The number of benzene rings is 1. The quantitative estimate of drug-likeness (QED) is 0.545. The molecular weight excluding hydrogens is 400 g/mol. The van der Waals surface area contributed by atoms with Gasteiger partial charge in [0.05, 0.1) is 24.5 Å². The van der Waals surface area contributed by atoms with Crippen molar-refractivity contribution in [3.05, 3.63) is 54.2 Å². The number of hydrogen-bond donors (Lipinski definition) is 1. The Labute approximate surface area is 179 Å². The fourth-order valence-corrected chi connectivity index (χ4v) is 3.91. The van der Waals surface area contributed by atoms with Crippen LogP contribution >= 0.6 is 0 Å². The second-order valence-electron chi connectivity index (χ2n) is 7.61. The van der Waals surface area contributed by atoms with E-state index in [-0.39, 0.29) is 18.0 Å². The van der Waals surface area contributed by atoms with Gasteiger partial charge >= 0.3 is 0 Å². The molecule has 3 aromatic rings. The van der Waals surface area contributed by atoms with Crippen LogP contribution in [0.2, 0.25) is 0 Å². The third kappa shape index (κ3) is 4.25. The van der Waals surface area contributed by atoms with Crippen molar-refractivity contribution in [2.45, 2.75) is 50.7 Å².